The maximum atomic E-state index is 15.5. The molecule has 3 aromatic carbocycles. The number of aliphatic imine (C=N–C) groups is 1. The monoisotopic (exact) mass is 653 g/mol. The van der Waals surface area contributed by atoms with E-state index < -0.39 is 24.6 Å². The molecule has 12 heteroatoms. The van der Waals surface area contributed by atoms with E-state index in [0.717, 1.165) is 34.6 Å². The summed E-state index contributed by atoms with van der Waals surface area (Å²) in [5.41, 5.74) is 6.69. The van der Waals surface area contributed by atoms with Crippen LogP contribution in [0.25, 0.3) is 16.9 Å². The van der Waals surface area contributed by atoms with Crippen molar-refractivity contribution in [1.29, 1.82) is 0 Å². The molecule has 1 N–H and O–H groups in total. The summed E-state index contributed by atoms with van der Waals surface area (Å²) in [4.78, 5) is 19.5. The molecule has 1 aliphatic rings. The molecule has 2 heterocycles. The number of nitrogens with one attached hydrogen (secondary N) is 1. The molecule has 4 aromatic rings. The predicted octanol–water partition coefficient (Wildman–Crippen LogP) is 8.86. The quantitative estimate of drug-likeness (QED) is 0.202. The molecule has 0 spiro atoms. The van der Waals surface area contributed by atoms with Crippen LogP contribution in [0.15, 0.2) is 77.9 Å². The van der Waals surface area contributed by atoms with Crippen molar-refractivity contribution in [3.05, 3.63) is 95.2 Å². The molecule has 1 saturated heterocycles. The molecule has 0 aliphatic carbocycles. The number of nitrogens with zero attached hydrogens (tertiary/aromatic N) is 4. The van der Waals surface area contributed by atoms with Crippen molar-refractivity contribution in [2.24, 2.45) is 4.99 Å². The average molecular weight is 654 g/mol. The molecule has 1 aliphatic heterocycles. The van der Waals surface area contributed by atoms with E-state index in [-0.39, 0.29) is 11.8 Å². The number of benzene rings is 3. The molecule has 3 atom stereocenters. The first kappa shape index (κ1) is 33.1. The number of alkyl halides is 4. The minimum Gasteiger partial charge on any atom is -0.406 e. The van der Waals surface area contributed by atoms with Crippen molar-refractivity contribution in [3.63, 3.8) is 0 Å². The Kier molecular flexibility index (Phi) is 9.76. The standard InChI is InChI=1S/C34H35F4N5O2S/c1-20-18-21(2)31(22(3)19-20)43-23(4)15-17-46-33(43)40-32(44)39-24(5)30(35)26-8-6-25(7-9-26)29-14-16-42(41-29)27-10-12-28(13-11-27)45-34(36,37)38/h6-14,16,18-19,23-24,30H,15,17H2,1-5H3,(H,39,44)/b40-33-. The molecule has 0 radical (unpaired) electrons. The number of hydrogen-bond donors (Lipinski definition) is 1. The maximum Gasteiger partial charge on any atom is 0.573 e. The lowest BCUT2D eigenvalue weighted by Crippen LogP contribution is -2.43. The summed E-state index contributed by atoms with van der Waals surface area (Å²) in [6, 6.07) is 16.8. The summed E-state index contributed by atoms with van der Waals surface area (Å²) in [7, 11) is 0. The Bertz CT molecular complexity index is 1700. The Morgan fingerprint density at radius 2 is 1.70 bits per heavy atom. The van der Waals surface area contributed by atoms with Gasteiger partial charge in [-0.1, -0.05) is 53.7 Å². The van der Waals surface area contributed by atoms with Crippen LogP contribution in [0.2, 0.25) is 0 Å². The third kappa shape index (κ3) is 7.72. The molecular formula is C34H35F4N5O2S. The molecule has 1 aromatic heterocycles. The second-order valence-electron chi connectivity index (χ2n) is 11.4. The van der Waals surface area contributed by atoms with Gasteiger partial charge in [0.2, 0.25) is 0 Å². The summed E-state index contributed by atoms with van der Waals surface area (Å²) in [6.45, 7) is 9.90. The van der Waals surface area contributed by atoms with Gasteiger partial charge in [0.1, 0.15) is 11.9 Å². The lowest BCUT2D eigenvalue weighted by molar-refractivity contribution is -0.274. The van der Waals surface area contributed by atoms with Crippen LogP contribution in [-0.2, 0) is 0 Å². The number of aryl methyl sites for hydroxylation is 3. The molecular weight excluding hydrogens is 618 g/mol. The van der Waals surface area contributed by atoms with E-state index in [1.807, 2.05) is 0 Å². The van der Waals surface area contributed by atoms with Crippen LogP contribution in [0.5, 0.6) is 5.75 Å². The van der Waals surface area contributed by atoms with Crippen molar-refractivity contribution < 1.29 is 27.1 Å². The van der Waals surface area contributed by atoms with Gasteiger partial charge in [0.25, 0.3) is 0 Å². The number of thioether (sulfide) groups is 1. The first-order valence-electron chi connectivity index (χ1n) is 14.8. The fourth-order valence-electron chi connectivity index (χ4n) is 5.60. The Balaban J connectivity index is 1.24. The van der Waals surface area contributed by atoms with E-state index in [1.54, 1.807) is 43.5 Å². The zero-order valence-electron chi connectivity index (χ0n) is 26.1. The minimum atomic E-state index is -4.77. The summed E-state index contributed by atoms with van der Waals surface area (Å²) in [5.74, 6) is 0.512. The number of urea groups is 1. The average Bonchev–Trinajstić information content (AvgIpc) is 3.48. The molecule has 3 unspecified atom stereocenters. The number of carbonyl (C=O) groups is 1. The molecule has 1 fully saturated rings. The predicted molar refractivity (Wildman–Crippen MR) is 175 cm³/mol. The molecule has 0 saturated carbocycles. The largest absolute Gasteiger partial charge is 0.573 e. The van der Waals surface area contributed by atoms with Crippen LogP contribution in [0.3, 0.4) is 0 Å². The lowest BCUT2D eigenvalue weighted by Gasteiger charge is -2.37. The zero-order chi connectivity index (χ0) is 33.2. The highest BCUT2D eigenvalue weighted by Gasteiger charge is 2.31. The van der Waals surface area contributed by atoms with Gasteiger partial charge in [-0.25, -0.2) is 13.9 Å². The second kappa shape index (κ2) is 13.6. The highest BCUT2D eigenvalue weighted by molar-refractivity contribution is 8.14. The maximum absolute atomic E-state index is 15.5. The van der Waals surface area contributed by atoms with E-state index in [4.69, 9.17) is 0 Å². The molecule has 5 rings (SSSR count). The molecule has 7 nitrogen and oxygen atoms in total. The second-order valence-corrected chi connectivity index (χ2v) is 12.5. The van der Waals surface area contributed by atoms with E-state index >= 15 is 4.39 Å². The third-order valence-corrected chi connectivity index (χ3v) is 8.71. The van der Waals surface area contributed by atoms with Gasteiger partial charge in [-0.05, 0) is 88.1 Å². The number of ether oxygens (including phenoxy) is 1. The number of aromatic nitrogens is 2. The third-order valence-electron chi connectivity index (χ3n) is 7.73. The SMILES string of the molecule is Cc1cc(C)c(N2/C(=N/C(=O)NC(C)C(F)c3ccc(-c4ccn(-c5ccc(OC(F)(F)F)cc5)n4)cc3)SCCC2C)c(C)c1. The lowest BCUT2D eigenvalue weighted by atomic mass is 10.0. The van der Waals surface area contributed by atoms with Crippen LogP contribution >= 0.6 is 11.8 Å². The number of carbonyl (C=O) groups excluding carboxylic acids is 1. The van der Waals surface area contributed by atoms with E-state index in [2.05, 4.69) is 64.9 Å². The summed E-state index contributed by atoms with van der Waals surface area (Å²) < 4.78 is 58.3. The van der Waals surface area contributed by atoms with Gasteiger partial charge in [-0.2, -0.15) is 10.1 Å². The van der Waals surface area contributed by atoms with E-state index in [0.29, 0.717) is 22.1 Å². The van der Waals surface area contributed by atoms with E-state index in [9.17, 15) is 18.0 Å². The number of amidine groups is 1. The Morgan fingerprint density at radius 3 is 2.33 bits per heavy atom. The van der Waals surface area contributed by atoms with Crippen molar-refractivity contribution in [1.82, 2.24) is 15.1 Å². The Hall–Kier alpha value is -4.32. The molecule has 242 valence electrons. The van der Waals surface area contributed by atoms with Gasteiger partial charge in [-0.15, -0.1) is 13.2 Å². The van der Waals surface area contributed by atoms with Gasteiger partial charge >= 0.3 is 12.4 Å². The fourth-order valence-corrected chi connectivity index (χ4v) is 6.80. The van der Waals surface area contributed by atoms with Gasteiger partial charge in [0.05, 0.1) is 17.4 Å². The summed E-state index contributed by atoms with van der Waals surface area (Å²) in [6.07, 6.45) is -3.62. The van der Waals surface area contributed by atoms with Gasteiger partial charge in [0.15, 0.2) is 5.17 Å². The van der Waals surface area contributed by atoms with Gasteiger partial charge in [-0.3, -0.25) is 0 Å². The zero-order valence-corrected chi connectivity index (χ0v) is 26.9. The van der Waals surface area contributed by atoms with E-state index in [1.165, 1.54) is 46.3 Å². The minimum absolute atomic E-state index is 0.155. The van der Waals surface area contributed by atoms with Crippen LogP contribution in [0.4, 0.5) is 28.0 Å². The summed E-state index contributed by atoms with van der Waals surface area (Å²) >= 11 is 1.52. The number of halogens is 4. The Morgan fingerprint density at radius 1 is 1.04 bits per heavy atom. The van der Waals surface area contributed by atoms with Crippen molar-refractivity contribution >= 4 is 28.6 Å². The molecule has 46 heavy (non-hydrogen) atoms. The molecule has 2 amide bonds. The first-order chi connectivity index (χ1) is 21.8. The van der Waals surface area contributed by atoms with Gasteiger partial charge in [0, 0.05) is 29.2 Å². The number of rotatable bonds is 7. The number of amides is 2. The van der Waals surface area contributed by atoms with Crippen molar-refractivity contribution in [2.45, 2.75) is 65.7 Å². The normalized spacial score (nSPS) is 17.5. The summed E-state index contributed by atoms with van der Waals surface area (Å²) in [5, 5.41) is 7.80. The molecule has 0 bridgehead atoms. The highest BCUT2D eigenvalue weighted by atomic mass is 32.2. The van der Waals surface area contributed by atoms with Gasteiger partial charge < -0.3 is 15.0 Å². The van der Waals surface area contributed by atoms with Crippen molar-refractivity contribution in [2.75, 3.05) is 10.7 Å². The fraction of sp³-hybridized carbons (Fsp3) is 0.324. The highest BCUT2D eigenvalue weighted by Crippen LogP contribution is 2.35. The van der Waals surface area contributed by atoms with Crippen molar-refractivity contribution in [3.8, 4) is 22.7 Å². The first-order valence-corrected chi connectivity index (χ1v) is 15.8. The number of anilines is 1. The Labute approximate surface area is 269 Å². The van der Waals surface area contributed by atoms with Crippen LogP contribution in [-0.4, -0.2) is 45.2 Å². The number of hydrogen-bond acceptors (Lipinski definition) is 4. The van der Waals surface area contributed by atoms with Crippen LogP contribution in [0.1, 0.15) is 48.7 Å². The topological polar surface area (TPSA) is 71.8 Å². The van der Waals surface area contributed by atoms with Crippen LogP contribution in [0, 0.1) is 20.8 Å². The van der Waals surface area contributed by atoms with Crippen LogP contribution < -0.4 is 15.0 Å². The smallest absolute Gasteiger partial charge is 0.406 e.